The Balaban J connectivity index is 2.70. The van der Waals surface area contributed by atoms with E-state index >= 15 is 0 Å². The van der Waals surface area contributed by atoms with Crippen molar-refractivity contribution in [1.82, 2.24) is 0 Å². The van der Waals surface area contributed by atoms with Crippen LogP contribution in [0.2, 0.25) is 5.27 Å². The zero-order valence-corrected chi connectivity index (χ0v) is 8.34. The Morgan fingerprint density at radius 2 is 2.27 bits per heavy atom. The first-order chi connectivity index (χ1) is 6.01. The molecule has 1 nitrogen and oxygen atoms in total. The number of ether oxygens (including phenoxy) is 1. The molecule has 0 N–H and O–H groups in total. The second kappa shape index (κ2) is 4.42. The van der Waals surface area contributed by atoms with Gasteiger partial charge in [0.1, 0.15) is 0 Å². The van der Waals surface area contributed by atoms with E-state index in [-0.39, 0.29) is 15.0 Å². The summed E-state index contributed by atoms with van der Waals surface area (Å²) in [5, 5.41) is -1.08. The van der Waals surface area contributed by atoms with Gasteiger partial charge in [-0.25, -0.2) is 0 Å². The van der Waals surface area contributed by atoms with Gasteiger partial charge < -0.3 is 0 Å². The number of hydrogen-bond acceptors (Lipinski definition) is 1. The van der Waals surface area contributed by atoms with Crippen LogP contribution in [0.4, 0.5) is 0 Å². The van der Waals surface area contributed by atoms with Gasteiger partial charge in [0.05, 0.1) is 0 Å². The van der Waals surface area contributed by atoms with Crippen molar-refractivity contribution in [1.29, 1.82) is 0 Å². The van der Waals surface area contributed by atoms with Crippen molar-refractivity contribution in [2.45, 2.75) is 12.2 Å². The summed E-state index contributed by atoms with van der Waals surface area (Å²) in [7, 11) is 1.62. The minimum absolute atomic E-state index is 0.126. The molecular weight excluding hydrogens is 204 g/mol. The maximum atomic E-state index is 7.43. The van der Waals surface area contributed by atoms with Gasteiger partial charge in [-0.05, 0) is 0 Å². The fourth-order valence-electron chi connectivity index (χ4n) is 0.762. The van der Waals surface area contributed by atoms with Crippen LogP contribution in [0.5, 0.6) is 5.75 Å². The summed E-state index contributed by atoms with van der Waals surface area (Å²) in [6.45, 7) is 1.61. The van der Waals surface area contributed by atoms with Crippen molar-refractivity contribution in [3.63, 3.8) is 0 Å². The van der Waals surface area contributed by atoms with Gasteiger partial charge in [-0.15, -0.1) is 0 Å². The van der Waals surface area contributed by atoms with Gasteiger partial charge in [-0.1, -0.05) is 0 Å². The van der Waals surface area contributed by atoms with Crippen LogP contribution >= 0.6 is 0 Å². The van der Waals surface area contributed by atoms with E-state index in [0.717, 1.165) is 10.2 Å². The summed E-state index contributed by atoms with van der Waals surface area (Å²) >= 11 is -0.126. The first-order valence-corrected chi connectivity index (χ1v) is 5.06. The molecule has 0 aromatic heterocycles. The molecule has 0 radical (unpaired) electrons. The minimum atomic E-state index is -1.08. The topological polar surface area (TPSA) is 9.23 Å². The van der Waals surface area contributed by atoms with Crippen LogP contribution < -0.4 is 9.20 Å². The maximum absolute atomic E-state index is 7.43. The van der Waals surface area contributed by atoms with Gasteiger partial charge in [0, 0.05) is 0 Å². The van der Waals surface area contributed by atoms with Crippen LogP contribution in [-0.4, -0.2) is 22.1 Å². The van der Waals surface area contributed by atoms with E-state index in [1.165, 1.54) is 0 Å². The third kappa shape index (κ3) is 2.57. The molecule has 0 saturated heterocycles. The SMILES string of the molecule is [1H][13C@@]([2H])(C)[Se]c1ccc(OC)cc1. The zero-order chi connectivity index (χ0) is 9.90. The predicted octanol–water partition coefficient (Wildman–Crippen LogP) is 1.46. The normalized spacial score (nSPS) is 18.0. The number of benzene rings is 1. The molecule has 0 aliphatic carbocycles. The summed E-state index contributed by atoms with van der Waals surface area (Å²) in [6.07, 6.45) is 0. The van der Waals surface area contributed by atoms with Crippen LogP contribution in [0.3, 0.4) is 0 Å². The zero-order valence-electron chi connectivity index (χ0n) is 8.63. The molecule has 2 heteroatoms. The van der Waals surface area contributed by atoms with Gasteiger partial charge in [0.2, 0.25) is 0 Å². The van der Waals surface area contributed by atoms with E-state index in [9.17, 15) is 0 Å². The van der Waals surface area contributed by atoms with Crippen molar-refractivity contribution in [2.75, 3.05) is 7.11 Å². The van der Waals surface area contributed by atoms with Gasteiger partial charge in [0.15, 0.2) is 0 Å². The average Bonchev–Trinajstić information content (AvgIpc) is 2.03. The van der Waals surface area contributed by atoms with Crippen molar-refractivity contribution in [2.24, 2.45) is 0 Å². The average molecular weight is 217 g/mol. The molecule has 0 aliphatic rings. The van der Waals surface area contributed by atoms with Gasteiger partial charge in [-0.2, -0.15) is 0 Å². The Labute approximate surface area is 76.7 Å². The standard InChI is InChI=1S/C9H12OSe/c1-3-11-9-6-4-8(10-2)5-7-9/h4-7H,3H2,1-2H3/i3+1DH/t3-/m1/s1. The molecule has 1 rings (SSSR count). The van der Waals surface area contributed by atoms with E-state index in [2.05, 4.69) is 0 Å². The molecule has 0 aliphatic heterocycles. The van der Waals surface area contributed by atoms with E-state index in [1.54, 1.807) is 14.0 Å². The molecule has 0 unspecified atom stereocenters. The Bertz CT molecular complexity index is 266. The van der Waals surface area contributed by atoms with E-state index in [1.807, 2.05) is 24.3 Å². The summed E-state index contributed by atoms with van der Waals surface area (Å²) in [6, 6.07) is 7.56. The molecule has 1 aromatic rings. The third-order valence-corrected chi connectivity index (χ3v) is 2.77. The van der Waals surface area contributed by atoms with Gasteiger partial charge >= 0.3 is 76.2 Å². The quantitative estimate of drug-likeness (QED) is 0.550. The second-order valence-electron chi connectivity index (χ2n) is 1.98. The van der Waals surface area contributed by atoms with Gasteiger partial charge in [0.25, 0.3) is 0 Å². The fraction of sp³-hybridized carbons (Fsp3) is 0.333. The molecule has 0 bridgehead atoms. The van der Waals surface area contributed by atoms with E-state index < -0.39 is 5.27 Å². The van der Waals surface area contributed by atoms with Gasteiger partial charge in [-0.3, -0.25) is 0 Å². The van der Waals surface area contributed by atoms with Crippen LogP contribution in [0.1, 0.15) is 9.67 Å². The Morgan fingerprint density at radius 3 is 2.73 bits per heavy atom. The summed E-state index contributed by atoms with van der Waals surface area (Å²) in [5.41, 5.74) is 0. The first kappa shape index (κ1) is 6.10. The molecule has 1 atom stereocenters. The summed E-state index contributed by atoms with van der Waals surface area (Å²) in [5.74, 6) is 0.816. The molecule has 1 aromatic carbocycles. The second-order valence-corrected chi connectivity index (χ2v) is 4.26. The number of rotatable bonds is 3. The number of hydrogen-bond donors (Lipinski definition) is 0. The third-order valence-electron chi connectivity index (χ3n) is 1.28. The Morgan fingerprint density at radius 1 is 1.64 bits per heavy atom. The van der Waals surface area contributed by atoms with Crippen molar-refractivity contribution >= 4 is 19.4 Å². The summed E-state index contributed by atoms with van der Waals surface area (Å²) < 4.78 is 20.9. The predicted molar refractivity (Wildman–Crippen MR) is 48.9 cm³/mol. The van der Waals surface area contributed by atoms with E-state index in [4.69, 9.17) is 7.48 Å². The molecule has 0 amide bonds. The van der Waals surface area contributed by atoms with Crippen LogP contribution in [0.15, 0.2) is 24.3 Å². The molecule has 0 spiro atoms. The van der Waals surface area contributed by atoms with Crippen LogP contribution in [0.25, 0.3) is 0 Å². The van der Waals surface area contributed by atoms with Crippen LogP contribution in [-0.2, 0) is 0 Å². The van der Waals surface area contributed by atoms with Crippen molar-refractivity contribution in [3.05, 3.63) is 24.3 Å². The molecule has 60 valence electrons. The fourth-order valence-corrected chi connectivity index (χ4v) is 1.83. The first-order valence-electron chi connectivity index (χ1n) is 4.34. The molecule has 11 heavy (non-hydrogen) atoms. The molecule has 0 saturated carbocycles. The monoisotopic (exact) mass is 218 g/mol. The Hall–Kier alpha value is -0.461. The molecule has 0 heterocycles. The van der Waals surface area contributed by atoms with Crippen molar-refractivity contribution in [3.8, 4) is 5.75 Å². The molecular formula is C9H12OSe. The van der Waals surface area contributed by atoms with Crippen molar-refractivity contribution < 1.29 is 7.48 Å². The Kier molecular flexibility index (Phi) is 2.45. The van der Waals surface area contributed by atoms with Crippen LogP contribution in [0, 0.1) is 0 Å². The van der Waals surface area contributed by atoms with E-state index in [0.29, 0.717) is 0 Å². The summed E-state index contributed by atoms with van der Waals surface area (Å²) in [4.78, 5) is 0. The number of methoxy groups -OCH3 is 1. The molecule has 0 fully saturated rings.